The van der Waals surface area contributed by atoms with Crippen LogP contribution in [0.1, 0.15) is 15.2 Å². The molecule has 0 fully saturated rings. The zero-order valence-corrected chi connectivity index (χ0v) is 11.7. The lowest BCUT2D eigenvalue weighted by Gasteiger charge is -2.10. The first kappa shape index (κ1) is 15.0. The minimum Gasteiger partial charge on any atom is -0.478 e. The standard InChI is InChI=1S/C14H13FN2O3S/c15-11-5-1-4-10(13(18)19)12(11)17-14(20)16-7-6-9-3-2-8-21-9/h1-5,8H,6-7H2,(H,18,19)(H2,16,17,20). The van der Waals surface area contributed by atoms with Gasteiger partial charge in [0.2, 0.25) is 0 Å². The SMILES string of the molecule is O=C(NCCc1cccs1)Nc1c(F)cccc1C(=O)O. The highest BCUT2D eigenvalue weighted by Gasteiger charge is 2.16. The third kappa shape index (κ3) is 4.03. The number of anilines is 1. The molecule has 0 bridgehead atoms. The second-order valence-electron chi connectivity index (χ2n) is 4.18. The molecule has 3 N–H and O–H groups in total. The fourth-order valence-electron chi connectivity index (χ4n) is 1.74. The van der Waals surface area contributed by atoms with Gasteiger partial charge in [-0.05, 0) is 30.0 Å². The Labute approximate surface area is 124 Å². The second-order valence-corrected chi connectivity index (χ2v) is 5.21. The average Bonchev–Trinajstić information content (AvgIpc) is 2.94. The molecule has 0 saturated carbocycles. The number of halogens is 1. The molecule has 1 aromatic heterocycles. The van der Waals surface area contributed by atoms with Gasteiger partial charge in [0, 0.05) is 11.4 Å². The van der Waals surface area contributed by atoms with E-state index in [1.807, 2.05) is 17.5 Å². The van der Waals surface area contributed by atoms with Crippen LogP contribution in [0.4, 0.5) is 14.9 Å². The molecular weight excluding hydrogens is 295 g/mol. The van der Waals surface area contributed by atoms with Crippen LogP contribution in [-0.2, 0) is 6.42 Å². The molecule has 2 amide bonds. The Bertz CT molecular complexity index is 644. The van der Waals surface area contributed by atoms with Gasteiger partial charge < -0.3 is 15.7 Å². The zero-order chi connectivity index (χ0) is 15.2. The topological polar surface area (TPSA) is 78.4 Å². The van der Waals surface area contributed by atoms with Crippen molar-refractivity contribution in [2.75, 3.05) is 11.9 Å². The molecule has 0 saturated heterocycles. The number of hydrogen-bond acceptors (Lipinski definition) is 3. The largest absolute Gasteiger partial charge is 0.478 e. The van der Waals surface area contributed by atoms with Crippen molar-refractivity contribution in [3.05, 3.63) is 52.0 Å². The van der Waals surface area contributed by atoms with Crippen molar-refractivity contribution in [1.82, 2.24) is 5.32 Å². The Morgan fingerprint density at radius 1 is 1.24 bits per heavy atom. The number of rotatable bonds is 5. The molecule has 21 heavy (non-hydrogen) atoms. The van der Waals surface area contributed by atoms with Crippen LogP contribution in [0.15, 0.2) is 35.7 Å². The van der Waals surface area contributed by atoms with Crippen molar-refractivity contribution in [3.63, 3.8) is 0 Å². The van der Waals surface area contributed by atoms with Crippen molar-refractivity contribution < 1.29 is 19.1 Å². The second kappa shape index (κ2) is 6.85. The third-order valence-corrected chi connectivity index (χ3v) is 3.66. The van der Waals surface area contributed by atoms with E-state index >= 15 is 0 Å². The number of para-hydroxylation sites is 1. The number of hydrogen-bond donors (Lipinski definition) is 3. The van der Waals surface area contributed by atoms with Crippen LogP contribution in [0.2, 0.25) is 0 Å². The van der Waals surface area contributed by atoms with E-state index in [1.165, 1.54) is 12.1 Å². The number of thiophene rings is 1. The number of carbonyl (C=O) groups is 2. The van der Waals surface area contributed by atoms with E-state index < -0.39 is 17.8 Å². The molecule has 0 aliphatic carbocycles. The molecule has 2 rings (SSSR count). The van der Waals surface area contributed by atoms with Crippen LogP contribution < -0.4 is 10.6 Å². The minimum absolute atomic E-state index is 0.289. The molecule has 5 nitrogen and oxygen atoms in total. The van der Waals surface area contributed by atoms with Gasteiger partial charge in [-0.2, -0.15) is 0 Å². The maximum atomic E-state index is 13.6. The molecular formula is C14H13FN2O3S. The van der Waals surface area contributed by atoms with Crippen LogP contribution in [0.25, 0.3) is 0 Å². The summed E-state index contributed by atoms with van der Waals surface area (Å²) in [4.78, 5) is 23.8. The number of carboxylic acid groups (broad SMARTS) is 1. The van der Waals surface area contributed by atoms with E-state index in [2.05, 4.69) is 10.6 Å². The molecule has 1 heterocycles. The number of amides is 2. The van der Waals surface area contributed by atoms with Gasteiger partial charge in [-0.1, -0.05) is 12.1 Å². The molecule has 0 aliphatic heterocycles. The van der Waals surface area contributed by atoms with Gasteiger partial charge in [0.15, 0.2) is 0 Å². The summed E-state index contributed by atoms with van der Waals surface area (Å²) < 4.78 is 13.6. The van der Waals surface area contributed by atoms with E-state index in [4.69, 9.17) is 5.11 Å². The quantitative estimate of drug-likeness (QED) is 0.794. The Morgan fingerprint density at radius 3 is 2.71 bits per heavy atom. The number of nitrogens with one attached hydrogen (secondary N) is 2. The van der Waals surface area contributed by atoms with E-state index in [0.29, 0.717) is 13.0 Å². The highest BCUT2D eigenvalue weighted by atomic mass is 32.1. The molecule has 2 aromatic rings. The first-order valence-electron chi connectivity index (χ1n) is 6.17. The maximum absolute atomic E-state index is 13.6. The van der Waals surface area contributed by atoms with Crippen molar-refractivity contribution >= 4 is 29.0 Å². The highest BCUT2D eigenvalue weighted by Crippen LogP contribution is 2.19. The van der Waals surface area contributed by atoms with Crippen LogP contribution in [0.3, 0.4) is 0 Å². The van der Waals surface area contributed by atoms with Gasteiger partial charge in [0.05, 0.1) is 11.3 Å². The number of carbonyl (C=O) groups excluding carboxylic acids is 1. The van der Waals surface area contributed by atoms with Gasteiger partial charge in [0.1, 0.15) is 5.82 Å². The lowest BCUT2D eigenvalue weighted by Crippen LogP contribution is -2.31. The van der Waals surface area contributed by atoms with Gasteiger partial charge in [-0.25, -0.2) is 14.0 Å². The van der Waals surface area contributed by atoms with Crippen LogP contribution in [-0.4, -0.2) is 23.7 Å². The molecule has 0 atom stereocenters. The number of aromatic carboxylic acids is 1. The van der Waals surface area contributed by atoms with Crippen molar-refractivity contribution in [2.24, 2.45) is 0 Å². The summed E-state index contributed by atoms with van der Waals surface area (Å²) in [6.07, 6.45) is 0.661. The molecule has 7 heteroatoms. The molecule has 0 spiro atoms. The summed E-state index contributed by atoms with van der Waals surface area (Å²) in [6.45, 7) is 0.378. The monoisotopic (exact) mass is 308 g/mol. The number of urea groups is 1. The number of benzene rings is 1. The Kier molecular flexibility index (Phi) is 4.89. The fourth-order valence-corrected chi connectivity index (χ4v) is 2.45. The highest BCUT2D eigenvalue weighted by molar-refractivity contribution is 7.09. The first-order valence-corrected chi connectivity index (χ1v) is 7.05. The summed E-state index contributed by atoms with van der Waals surface area (Å²) in [5.74, 6) is -2.09. The van der Waals surface area contributed by atoms with Crippen LogP contribution in [0.5, 0.6) is 0 Å². The molecule has 0 radical (unpaired) electrons. The van der Waals surface area contributed by atoms with Crippen molar-refractivity contribution in [3.8, 4) is 0 Å². The third-order valence-electron chi connectivity index (χ3n) is 2.72. The lowest BCUT2D eigenvalue weighted by molar-refractivity contribution is 0.0697. The van der Waals surface area contributed by atoms with E-state index in [0.717, 1.165) is 10.9 Å². The summed E-state index contributed by atoms with van der Waals surface area (Å²) in [5, 5.41) is 15.7. The predicted octanol–water partition coefficient (Wildman–Crippen LogP) is 2.95. The summed E-state index contributed by atoms with van der Waals surface area (Å²) >= 11 is 1.58. The maximum Gasteiger partial charge on any atom is 0.337 e. The van der Waals surface area contributed by atoms with Gasteiger partial charge in [0.25, 0.3) is 0 Å². The Hall–Kier alpha value is -2.41. The number of carboxylic acids is 1. The van der Waals surface area contributed by atoms with Crippen molar-refractivity contribution in [1.29, 1.82) is 0 Å². The van der Waals surface area contributed by atoms with Gasteiger partial charge in [-0.3, -0.25) is 0 Å². The van der Waals surface area contributed by atoms with E-state index in [-0.39, 0.29) is 11.3 Å². The first-order chi connectivity index (χ1) is 10.1. The summed E-state index contributed by atoms with van der Waals surface area (Å²) in [5.41, 5.74) is -0.623. The Balaban J connectivity index is 1.95. The minimum atomic E-state index is -1.30. The molecule has 1 aromatic carbocycles. The van der Waals surface area contributed by atoms with Crippen molar-refractivity contribution in [2.45, 2.75) is 6.42 Å². The normalized spacial score (nSPS) is 10.1. The van der Waals surface area contributed by atoms with E-state index in [9.17, 15) is 14.0 Å². The average molecular weight is 308 g/mol. The van der Waals surface area contributed by atoms with Crippen LogP contribution >= 0.6 is 11.3 Å². The molecule has 110 valence electrons. The zero-order valence-electron chi connectivity index (χ0n) is 10.9. The molecule has 0 unspecified atom stereocenters. The van der Waals surface area contributed by atoms with Gasteiger partial charge in [-0.15, -0.1) is 11.3 Å². The summed E-state index contributed by atoms with van der Waals surface area (Å²) in [7, 11) is 0. The molecule has 0 aliphatic rings. The smallest absolute Gasteiger partial charge is 0.337 e. The fraction of sp³-hybridized carbons (Fsp3) is 0.143. The van der Waals surface area contributed by atoms with Crippen LogP contribution in [0, 0.1) is 5.82 Å². The summed E-state index contributed by atoms with van der Waals surface area (Å²) in [6, 6.07) is 6.82. The van der Waals surface area contributed by atoms with E-state index in [1.54, 1.807) is 11.3 Å². The van der Waals surface area contributed by atoms with Gasteiger partial charge >= 0.3 is 12.0 Å². The Morgan fingerprint density at radius 2 is 2.05 bits per heavy atom. The lowest BCUT2D eigenvalue weighted by atomic mass is 10.1. The predicted molar refractivity (Wildman–Crippen MR) is 78.4 cm³/mol.